The SMILES string of the molecule is COc1ccc([C@@H](NC(=O)[C@H]2CC(=O)N(c3ccc4c(c3)OCO4)C2)c2nccn2C)cc1. The van der Waals surface area contributed by atoms with Crippen molar-refractivity contribution in [2.24, 2.45) is 13.0 Å². The number of carbonyl (C=O) groups is 2. The lowest BCUT2D eigenvalue weighted by atomic mass is 10.0. The third-order valence-electron chi connectivity index (χ3n) is 6.02. The Labute approximate surface area is 190 Å². The van der Waals surface area contributed by atoms with Crippen LogP contribution in [0.3, 0.4) is 0 Å². The Morgan fingerprint density at radius 2 is 1.97 bits per heavy atom. The molecule has 0 spiro atoms. The van der Waals surface area contributed by atoms with Crippen LogP contribution >= 0.6 is 0 Å². The molecule has 3 aromatic rings. The van der Waals surface area contributed by atoms with E-state index in [0.29, 0.717) is 29.6 Å². The van der Waals surface area contributed by atoms with E-state index in [1.54, 1.807) is 36.4 Å². The number of carbonyl (C=O) groups excluding carboxylic acids is 2. The maximum Gasteiger partial charge on any atom is 0.231 e. The van der Waals surface area contributed by atoms with E-state index in [-0.39, 0.29) is 25.0 Å². The highest BCUT2D eigenvalue weighted by atomic mass is 16.7. The van der Waals surface area contributed by atoms with Gasteiger partial charge in [0.15, 0.2) is 11.5 Å². The van der Waals surface area contributed by atoms with Crippen LogP contribution in [0.2, 0.25) is 0 Å². The Kier molecular flexibility index (Phi) is 5.37. The average Bonchev–Trinajstić information content (AvgIpc) is 3.56. The molecule has 0 aliphatic carbocycles. The van der Waals surface area contributed by atoms with Crippen LogP contribution in [-0.2, 0) is 16.6 Å². The molecule has 2 atom stereocenters. The molecule has 1 aromatic heterocycles. The molecular weight excluding hydrogens is 424 g/mol. The van der Waals surface area contributed by atoms with Crippen molar-refractivity contribution in [1.29, 1.82) is 0 Å². The van der Waals surface area contributed by atoms with Gasteiger partial charge >= 0.3 is 0 Å². The number of imidazole rings is 1. The highest BCUT2D eigenvalue weighted by Gasteiger charge is 2.37. The first-order valence-electron chi connectivity index (χ1n) is 10.6. The zero-order chi connectivity index (χ0) is 22.9. The number of anilines is 1. The summed E-state index contributed by atoms with van der Waals surface area (Å²) in [5.41, 5.74) is 1.56. The lowest BCUT2D eigenvalue weighted by Crippen LogP contribution is -2.37. The number of nitrogens with one attached hydrogen (secondary N) is 1. The summed E-state index contributed by atoms with van der Waals surface area (Å²) >= 11 is 0. The smallest absolute Gasteiger partial charge is 0.231 e. The second-order valence-corrected chi connectivity index (χ2v) is 8.05. The Morgan fingerprint density at radius 1 is 1.18 bits per heavy atom. The molecule has 0 unspecified atom stereocenters. The van der Waals surface area contributed by atoms with Gasteiger partial charge in [0.05, 0.1) is 13.0 Å². The normalized spacial score (nSPS) is 17.8. The van der Waals surface area contributed by atoms with E-state index in [1.807, 2.05) is 42.1 Å². The highest BCUT2D eigenvalue weighted by Crippen LogP contribution is 2.37. The third kappa shape index (κ3) is 3.97. The number of fused-ring (bicyclic) bond motifs is 1. The first-order chi connectivity index (χ1) is 16.0. The molecule has 0 radical (unpaired) electrons. The van der Waals surface area contributed by atoms with E-state index in [2.05, 4.69) is 10.3 Å². The molecule has 1 saturated heterocycles. The number of rotatable bonds is 6. The predicted molar refractivity (Wildman–Crippen MR) is 119 cm³/mol. The van der Waals surface area contributed by atoms with E-state index in [1.165, 1.54) is 0 Å². The van der Waals surface area contributed by atoms with Gasteiger partial charge in [0.25, 0.3) is 0 Å². The average molecular weight is 448 g/mol. The molecule has 33 heavy (non-hydrogen) atoms. The van der Waals surface area contributed by atoms with Gasteiger partial charge < -0.3 is 29.0 Å². The van der Waals surface area contributed by atoms with Crippen molar-refractivity contribution in [3.63, 3.8) is 0 Å². The Bertz CT molecular complexity index is 1190. The number of aromatic nitrogens is 2. The molecule has 5 rings (SSSR count). The van der Waals surface area contributed by atoms with Gasteiger partial charge in [-0.3, -0.25) is 9.59 Å². The number of aryl methyl sites for hydroxylation is 1. The fourth-order valence-electron chi connectivity index (χ4n) is 4.19. The van der Waals surface area contributed by atoms with Gasteiger partial charge in [0, 0.05) is 44.2 Å². The summed E-state index contributed by atoms with van der Waals surface area (Å²) in [6.45, 7) is 0.456. The van der Waals surface area contributed by atoms with Crippen molar-refractivity contribution < 1.29 is 23.8 Å². The number of nitrogens with zero attached hydrogens (tertiary/aromatic N) is 3. The van der Waals surface area contributed by atoms with Crippen LogP contribution in [0, 0.1) is 5.92 Å². The summed E-state index contributed by atoms with van der Waals surface area (Å²) in [7, 11) is 3.49. The Balaban J connectivity index is 1.35. The minimum Gasteiger partial charge on any atom is -0.497 e. The molecule has 9 heteroatoms. The van der Waals surface area contributed by atoms with Crippen LogP contribution in [0.5, 0.6) is 17.2 Å². The summed E-state index contributed by atoms with van der Waals surface area (Å²) < 4.78 is 17.9. The molecule has 2 aliphatic heterocycles. The number of methoxy groups -OCH3 is 1. The van der Waals surface area contributed by atoms with Gasteiger partial charge in [-0.1, -0.05) is 12.1 Å². The summed E-state index contributed by atoms with van der Waals surface area (Å²) in [4.78, 5) is 32.1. The highest BCUT2D eigenvalue weighted by molar-refractivity contribution is 6.00. The van der Waals surface area contributed by atoms with Crippen molar-refractivity contribution in [3.05, 3.63) is 66.2 Å². The van der Waals surface area contributed by atoms with Gasteiger partial charge in [-0.05, 0) is 29.8 Å². The van der Waals surface area contributed by atoms with E-state index < -0.39 is 12.0 Å². The number of ether oxygens (including phenoxy) is 3. The van der Waals surface area contributed by atoms with Gasteiger partial charge in [-0.15, -0.1) is 0 Å². The van der Waals surface area contributed by atoms with Crippen LogP contribution in [0.25, 0.3) is 0 Å². The fourth-order valence-corrected chi connectivity index (χ4v) is 4.19. The molecule has 2 amide bonds. The molecule has 1 fully saturated rings. The van der Waals surface area contributed by atoms with Crippen LogP contribution in [-0.4, -0.2) is 41.8 Å². The van der Waals surface area contributed by atoms with Crippen molar-refractivity contribution >= 4 is 17.5 Å². The summed E-state index contributed by atoms with van der Waals surface area (Å²) in [6, 6.07) is 12.4. The van der Waals surface area contributed by atoms with Crippen molar-refractivity contribution in [2.45, 2.75) is 12.5 Å². The fraction of sp³-hybridized carbons (Fsp3) is 0.292. The molecule has 2 aliphatic rings. The van der Waals surface area contributed by atoms with Crippen molar-refractivity contribution in [3.8, 4) is 17.2 Å². The summed E-state index contributed by atoms with van der Waals surface area (Å²) in [5, 5.41) is 3.10. The second kappa shape index (κ2) is 8.50. The van der Waals surface area contributed by atoms with E-state index in [0.717, 1.165) is 11.3 Å². The Morgan fingerprint density at radius 3 is 2.70 bits per heavy atom. The molecule has 0 saturated carbocycles. The first-order valence-corrected chi connectivity index (χ1v) is 10.6. The second-order valence-electron chi connectivity index (χ2n) is 8.05. The minimum atomic E-state index is -0.482. The number of hydrogen-bond donors (Lipinski definition) is 1. The van der Waals surface area contributed by atoms with Gasteiger partial charge in [0.2, 0.25) is 18.6 Å². The van der Waals surface area contributed by atoms with Gasteiger partial charge in [0.1, 0.15) is 17.6 Å². The lowest BCUT2D eigenvalue weighted by molar-refractivity contribution is -0.126. The zero-order valence-electron chi connectivity index (χ0n) is 18.4. The Hall–Kier alpha value is -4.01. The molecule has 170 valence electrons. The molecule has 3 heterocycles. The third-order valence-corrected chi connectivity index (χ3v) is 6.02. The largest absolute Gasteiger partial charge is 0.497 e. The summed E-state index contributed by atoms with van der Waals surface area (Å²) in [5.74, 6) is 1.89. The molecular formula is C24H24N4O5. The van der Waals surface area contributed by atoms with Gasteiger partial charge in [-0.25, -0.2) is 4.98 Å². The van der Waals surface area contributed by atoms with Crippen molar-refractivity contribution in [2.75, 3.05) is 25.3 Å². The van der Waals surface area contributed by atoms with Crippen LogP contribution in [0.1, 0.15) is 23.9 Å². The molecule has 9 nitrogen and oxygen atoms in total. The van der Waals surface area contributed by atoms with E-state index in [9.17, 15) is 9.59 Å². The van der Waals surface area contributed by atoms with Crippen LogP contribution in [0.4, 0.5) is 5.69 Å². The molecule has 1 N–H and O–H groups in total. The van der Waals surface area contributed by atoms with Crippen molar-refractivity contribution in [1.82, 2.24) is 14.9 Å². The minimum absolute atomic E-state index is 0.105. The molecule has 2 aromatic carbocycles. The number of amides is 2. The number of benzene rings is 2. The zero-order valence-corrected chi connectivity index (χ0v) is 18.4. The maximum absolute atomic E-state index is 13.3. The van der Waals surface area contributed by atoms with Crippen LogP contribution < -0.4 is 24.4 Å². The predicted octanol–water partition coefficient (Wildman–Crippen LogP) is 2.42. The topological polar surface area (TPSA) is 94.9 Å². The quantitative estimate of drug-likeness (QED) is 0.622. The number of hydrogen-bond acceptors (Lipinski definition) is 6. The standard InChI is InChI=1S/C24H24N4O5/c1-27-10-9-25-23(27)22(15-3-6-18(31-2)7-4-15)26-24(30)16-11-21(29)28(13-16)17-5-8-19-20(12-17)33-14-32-19/h3-10,12,16,22H,11,13-14H2,1-2H3,(H,26,30)/t16-,22+/m0/s1. The van der Waals surface area contributed by atoms with Gasteiger partial charge in [-0.2, -0.15) is 0 Å². The summed E-state index contributed by atoms with van der Waals surface area (Å²) in [6.07, 6.45) is 3.66. The first kappa shape index (κ1) is 20.9. The monoisotopic (exact) mass is 448 g/mol. The van der Waals surface area contributed by atoms with E-state index in [4.69, 9.17) is 14.2 Å². The maximum atomic E-state index is 13.3. The molecule has 0 bridgehead atoms. The van der Waals surface area contributed by atoms with E-state index >= 15 is 0 Å². The lowest BCUT2D eigenvalue weighted by Gasteiger charge is -2.22. The van der Waals surface area contributed by atoms with Crippen LogP contribution in [0.15, 0.2) is 54.9 Å².